The molecule has 1 aromatic carbocycles. The molecule has 1 atom stereocenters. The van der Waals surface area contributed by atoms with Gasteiger partial charge in [0, 0.05) is 24.7 Å². The van der Waals surface area contributed by atoms with Gasteiger partial charge < -0.3 is 10.1 Å². The topological polar surface area (TPSA) is 60.9 Å². The van der Waals surface area contributed by atoms with Crippen LogP contribution in [-0.4, -0.2) is 21.6 Å². The molecule has 4 nitrogen and oxygen atoms in total. The zero-order valence-corrected chi connectivity index (χ0v) is 9.93. The molecule has 92 valence electrons. The number of imidazole rings is 1. The van der Waals surface area contributed by atoms with Gasteiger partial charge in [0.2, 0.25) is 0 Å². The summed E-state index contributed by atoms with van der Waals surface area (Å²) in [5, 5.41) is 12.9. The second kappa shape index (κ2) is 6.01. The fraction of sp³-hybridized carbons (Fsp3) is 0.214. The summed E-state index contributed by atoms with van der Waals surface area (Å²) in [5.74, 6) is 2.54. The molecule has 2 aromatic rings. The van der Waals surface area contributed by atoms with Crippen molar-refractivity contribution in [2.45, 2.75) is 12.6 Å². The molecule has 0 bridgehead atoms. The summed E-state index contributed by atoms with van der Waals surface area (Å²) >= 11 is 0. The molecular formula is C14H15N3O. The highest BCUT2D eigenvalue weighted by Gasteiger charge is 2.06. The molecular weight excluding hydrogens is 226 g/mol. The Kier molecular flexibility index (Phi) is 4.13. The van der Waals surface area contributed by atoms with Crippen LogP contribution in [0.1, 0.15) is 23.0 Å². The SMILES string of the molecule is C#Cc1ccc(C(O)NCCc2c[nH]cn2)cc1. The van der Waals surface area contributed by atoms with E-state index in [1.54, 1.807) is 6.33 Å². The van der Waals surface area contributed by atoms with Crippen molar-refractivity contribution in [1.29, 1.82) is 0 Å². The first-order valence-corrected chi connectivity index (χ1v) is 5.75. The second-order valence-corrected chi connectivity index (χ2v) is 3.93. The number of terminal acetylenes is 1. The van der Waals surface area contributed by atoms with Gasteiger partial charge in [-0.05, 0) is 17.7 Å². The maximum atomic E-state index is 9.92. The lowest BCUT2D eigenvalue weighted by atomic mass is 10.1. The monoisotopic (exact) mass is 241 g/mol. The molecule has 18 heavy (non-hydrogen) atoms. The standard InChI is InChI=1S/C14H15N3O/c1-2-11-3-5-12(6-4-11)14(18)16-8-7-13-9-15-10-17-13/h1,3-6,9-10,14,16,18H,7-8H2,(H,15,17). The molecule has 1 heterocycles. The van der Waals surface area contributed by atoms with Gasteiger partial charge in [0.25, 0.3) is 0 Å². The molecule has 3 N–H and O–H groups in total. The van der Waals surface area contributed by atoms with E-state index in [0.29, 0.717) is 6.54 Å². The van der Waals surface area contributed by atoms with Crippen LogP contribution < -0.4 is 5.32 Å². The highest BCUT2D eigenvalue weighted by Crippen LogP contribution is 2.10. The number of aromatic amines is 1. The third kappa shape index (κ3) is 3.20. The lowest BCUT2D eigenvalue weighted by Gasteiger charge is -2.12. The number of aliphatic hydroxyl groups excluding tert-OH is 1. The first kappa shape index (κ1) is 12.4. The molecule has 2 rings (SSSR count). The number of hydrogen-bond donors (Lipinski definition) is 3. The molecule has 0 radical (unpaired) electrons. The third-order valence-corrected chi connectivity index (χ3v) is 2.67. The Balaban J connectivity index is 1.83. The van der Waals surface area contributed by atoms with Crippen molar-refractivity contribution in [3.63, 3.8) is 0 Å². The van der Waals surface area contributed by atoms with Crippen LogP contribution >= 0.6 is 0 Å². The Morgan fingerprint density at radius 1 is 1.39 bits per heavy atom. The zero-order chi connectivity index (χ0) is 12.8. The third-order valence-electron chi connectivity index (χ3n) is 2.67. The Bertz CT molecular complexity index is 511. The number of nitrogens with one attached hydrogen (secondary N) is 2. The summed E-state index contributed by atoms with van der Waals surface area (Å²) in [4.78, 5) is 7.00. The number of hydrogen-bond acceptors (Lipinski definition) is 3. The first-order valence-electron chi connectivity index (χ1n) is 5.75. The van der Waals surface area contributed by atoms with Crippen molar-refractivity contribution in [2.24, 2.45) is 0 Å². The van der Waals surface area contributed by atoms with Gasteiger partial charge in [0.15, 0.2) is 0 Å². The molecule has 1 aromatic heterocycles. The number of nitrogens with zero attached hydrogens (tertiary/aromatic N) is 1. The Hall–Kier alpha value is -2.09. The van der Waals surface area contributed by atoms with E-state index in [4.69, 9.17) is 6.42 Å². The van der Waals surface area contributed by atoms with Crippen molar-refractivity contribution in [3.8, 4) is 12.3 Å². The van der Waals surface area contributed by atoms with E-state index in [2.05, 4.69) is 21.2 Å². The molecule has 4 heteroatoms. The maximum absolute atomic E-state index is 9.92. The molecule has 0 saturated heterocycles. The van der Waals surface area contributed by atoms with Gasteiger partial charge in [0.05, 0.1) is 12.0 Å². The molecule has 0 amide bonds. The summed E-state index contributed by atoms with van der Waals surface area (Å²) in [6, 6.07) is 7.27. The predicted octanol–water partition coefficient (Wildman–Crippen LogP) is 1.21. The molecule has 0 aliphatic heterocycles. The minimum absolute atomic E-state index is 0.656. The number of rotatable bonds is 5. The normalized spacial score (nSPS) is 12.0. The average Bonchev–Trinajstić information content (AvgIpc) is 2.92. The summed E-state index contributed by atoms with van der Waals surface area (Å²) in [7, 11) is 0. The van der Waals surface area contributed by atoms with Crippen LogP contribution in [0.4, 0.5) is 0 Å². The molecule has 1 unspecified atom stereocenters. The number of aromatic nitrogens is 2. The lowest BCUT2D eigenvalue weighted by Crippen LogP contribution is -2.23. The number of aliphatic hydroxyl groups is 1. The molecule has 0 saturated carbocycles. The van der Waals surface area contributed by atoms with Gasteiger partial charge >= 0.3 is 0 Å². The van der Waals surface area contributed by atoms with Crippen LogP contribution in [0, 0.1) is 12.3 Å². The van der Waals surface area contributed by atoms with E-state index in [0.717, 1.165) is 23.2 Å². The van der Waals surface area contributed by atoms with Crippen molar-refractivity contribution in [1.82, 2.24) is 15.3 Å². The van der Waals surface area contributed by atoms with Crippen LogP contribution in [0.3, 0.4) is 0 Å². The summed E-state index contributed by atoms with van der Waals surface area (Å²) < 4.78 is 0. The fourth-order valence-electron chi connectivity index (χ4n) is 1.64. The summed E-state index contributed by atoms with van der Waals surface area (Å²) in [5.41, 5.74) is 2.58. The van der Waals surface area contributed by atoms with Crippen LogP contribution in [0.25, 0.3) is 0 Å². The smallest absolute Gasteiger partial charge is 0.131 e. The van der Waals surface area contributed by atoms with E-state index in [9.17, 15) is 5.11 Å². The van der Waals surface area contributed by atoms with E-state index in [1.165, 1.54) is 0 Å². The molecule has 0 aliphatic carbocycles. The molecule has 0 aliphatic rings. The van der Waals surface area contributed by atoms with Gasteiger partial charge in [-0.15, -0.1) is 6.42 Å². The minimum atomic E-state index is -0.684. The second-order valence-electron chi connectivity index (χ2n) is 3.93. The Morgan fingerprint density at radius 3 is 2.78 bits per heavy atom. The van der Waals surface area contributed by atoms with Crippen LogP contribution in [0.2, 0.25) is 0 Å². The number of benzene rings is 1. The van der Waals surface area contributed by atoms with Gasteiger partial charge in [-0.25, -0.2) is 4.98 Å². The van der Waals surface area contributed by atoms with Crippen molar-refractivity contribution in [3.05, 3.63) is 53.6 Å². The highest BCUT2D eigenvalue weighted by atomic mass is 16.3. The van der Waals surface area contributed by atoms with Gasteiger partial charge in [0.1, 0.15) is 6.23 Å². The van der Waals surface area contributed by atoms with Crippen molar-refractivity contribution < 1.29 is 5.11 Å². The minimum Gasteiger partial charge on any atom is -0.374 e. The Morgan fingerprint density at radius 2 is 2.17 bits per heavy atom. The van der Waals surface area contributed by atoms with Crippen molar-refractivity contribution in [2.75, 3.05) is 6.54 Å². The van der Waals surface area contributed by atoms with E-state index in [1.807, 2.05) is 30.5 Å². The largest absolute Gasteiger partial charge is 0.374 e. The highest BCUT2D eigenvalue weighted by molar-refractivity contribution is 5.34. The van der Waals surface area contributed by atoms with Gasteiger partial charge in [-0.3, -0.25) is 5.32 Å². The van der Waals surface area contributed by atoms with Crippen LogP contribution in [0.5, 0.6) is 0 Å². The Labute approximate surface area is 106 Å². The van der Waals surface area contributed by atoms with Gasteiger partial charge in [-0.1, -0.05) is 18.1 Å². The van der Waals surface area contributed by atoms with Crippen molar-refractivity contribution >= 4 is 0 Å². The summed E-state index contributed by atoms with van der Waals surface area (Å²) in [6.45, 7) is 0.656. The predicted molar refractivity (Wildman–Crippen MR) is 69.6 cm³/mol. The zero-order valence-electron chi connectivity index (χ0n) is 9.93. The number of H-pyrrole nitrogens is 1. The first-order chi connectivity index (χ1) is 8.79. The average molecular weight is 241 g/mol. The van der Waals surface area contributed by atoms with E-state index in [-0.39, 0.29) is 0 Å². The molecule has 0 fully saturated rings. The van der Waals surface area contributed by atoms with Crippen LogP contribution in [0.15, 0.2) is 36.8 Å². The summed E-state index contributed by atoms with van der Waals surface area (Å²) in [6.07, 6.45) is 8.84. The van der Waals surface area contributed by atoms with Gasteiger partial charge in [-0.2, -0.15) is 0 Å². The fourth-order valence-corrected chi connectivity index (χ4v) is 1.64. The van der Waals surface area contributed by atoms with Crippen LogP contribution in [-0.2, 0) is 6.42 Å². The molecule has 0 spiro atoms. The van der Waals surface area contributed by atoms with E-state index < -0.39 is 6.23 Å². The van der Waals surface area contributed by atoms with E-state index >= 15 is 0 Å². The lowest BCUT2D eigenvalue weighted by molar-refractivity contribution is 0.140. The quantitative estimate of drug-likeness (QED) is 0.545. The maximum Gasteiger partial charge on any atom is 0.131 e.